The van der Waals surface area contributed by atoms with Crippen molar-refractivity contribution in [2.45, 2.75) is 37.2 Å². The summed E-state index contributed by atoms with van der Waals surface area (Å²) in [4.78, 5) is 17.5. The summed E-state index contributed by atoms with van der Waals surface area (Å²) in [7, 11) is -3.57. The van der Waals surface area contributed by atoms with Crippen LogP contribution < -0.4 is 5.32 Å². The van der Waals surface area contributed by atoms with Gasteiger partial charge >= 0.3 is 0 Å². The predicted molar refractivity (Wildman–Crippen MR) is 108 cm³/mol. The average Bonchev–Trinajstić information content (AvgIpc) is 3.00. The van der Waals surface area contributed by atoms with Gasteiger partial charge in [0.1, 0.15) is 11.4 Å². The molecular weight excluding hydrogens is 374 g/mol. The second-order valence-corrected chi connectivity index (χ2v) is 9.39. The molecule has 28 heavy (non-hydrogen) atoms. The van der Waals surface area contributed by atoms with Crippen LogP contribution in [0.1, 0.15) is 29.5 Å². The Bertz CT molecular complexity index is 1050. The molecule has 146 valence electrons. The van der Waals surface area contributed by atoms with Gasteiger partial charge in [-0.15, -0.1) is 0 Å². The maximum atomic E-state index is 13.1. The lowest BCUT2D eigenvalue weighted by Gasteiger charge is -2.36. The summed E-state index contributed by atoms with van der Waals surface area (Å²) in [6, 6.07) is 14.8. The van der Waals surface area contributed by atoms with Gasteiger partial charge in [-0.05, 0) is 31.0 Å². The normalized spacial score (nSPS) is 19.5. The molecule has 6 nitrogen and oxygen atoms in total. The third-order valence-electron chi connectivity index (χ3n) is 5.45. The summed E-state index contributed by atoms with van der Waals surface area (Å²) < 4.78 is 27.7. The number of carbonyl (C=O) groups is 1. The van der Waals surface area contributed by atoms with Crippen LogP contribution >= 0.6 is 0 Å². The topological polar surface area (TPSA) is 78.8 Å². The maximum absolute atomic E-state index is 13.1. The molecule has 1 fully saturated rings. The Labute approximate surface area is 165 Å². The third kappa shape index (κ3) is 3.25. The number of piperidine rings is 1. The van der Waals surface area contributed by atoms with Gasteiger partial charge in [-0.1, -0.05) is 42.5 Å². The van der Waals surface area contributed by atoms with Crippen molar-refractivity contribution in [2.24, 2.45) is 4.99 Å². The zero-order chi connectivity index (χ0) is 19.9. The van der Waals surface area contributed by atoms with Crippen molar-refractivity contribution in [3.05, 3.63) is 65.2 Å². The molecule has 0 radical (unpaired) electrons. The molecule has 2 aliphatic heterocycles. The van der Waals surface area contributed by atoms with Crippen LogP contribution in [-0.4, -0.2) is 43.1 Å². The molecule has 4 rings (SSSR count). The summed E-state index contributed by atoms with van der Waals surface area (Å²) in [6.45, 7) is 4.34. The van der Waals surface area contributed by atoms with E-state index in [4.69, 9.17) is 0 Å². The van der Waals surface area contributed by atoms with Crippen molar-refractivity contribution in [3.63, 3.8) is 0 Å². The quantitative estimate of drug-likeness (QED) is 0.864. The highest BCUT2D eigenvalue weighted by molar-refractivity contribution is 7.89. The van der Waals surface area contributed by atoms with Crippen LogP contribution in [-0.2, 0) is 14.8 Å². The van der Waals surface area contributed by atoms with Gasteiger partial charge in [0.05, 0.1) is 4.90 Å². The number of benzene rings is 2. The molecule has 7 heteroatoms. The number of nitrogens with one attached hydrogen (secondary N) is 1. The summed E-state index contributed by atoms with van der Waals surface area (Å²) >= 11 is 0. The fourth-order valence-electron chi connectivity index (χ4n) is 3.81. The lowest BCUT2D eigenvalue weighted by Crippen LogP contribution is -2.52. The molecule has 1 spiro atoms. The third-order valence-corrected chi connectivity index (χ3v) is 7.49. The van der Waals surface area contributed by atoms with Crippen molar-refractivity contribution < 1.29 is 13.2 Å². The highest BCUT2D eigenvalue weighted by atomic mass is 32.2. The summed E-state index contributed by atoms with van der Waals surface area (Å²) in [6.07, 6.45) is 0.915. The van der Waals surface area contributed by atoms with Crippen LogP contribution in [0.5, 0.6) is 0 Å². The van der Waals surface area contributed by atoms with E-state index in [-0.39, 0.29) is 5.91 Å². The molecule has 0 saturated carbocycles. The number of sulfonamides is 1. The summed E-state index contributed by atoms with van der Waals surface area (Å²) in [5.74, 6) is -0.197. The van der Waals surface area contributed by atoms with Crippen LogP contribution in [0.15, 0.2) is 58.4 Å². The Hall–Kier alpha value is -2.51. The molecule has 0 unspecified atom stereocenters. The Kier molecular flexibility index (Phi) is 4.59. The Balaban J connectivity index is 1.56. The SMILES string of the molecule is Cc1ccc(C)c(S(=O)(=O)N2CCC3(CC2)N=C(c2ccccc2)C(=O)N3)c1. The molecule has 2 heterocycles. The number of carbonyl (C=O) groups excluding carboxylic acids is 1. The molecule has 2 aliphatic rings. The first-order chi connectivity index (χ1) is 13.3. The van der Waals surface area contributed by atoms with E-state index in [1.807, 2.05) is 56.3 Å². The van der Waals surface area contributed by atoms with Crippen LogP contribution in [0.3, 0.4) is 0 Å². The van der Waals surface area contributed by atoms with Crippen LogP contribution in [0, 0.1) is 13.8 Å². The highest BCUT2D eigenvalue weighted by Gasteiger charge is 2.44. The first kappa shape index (κ1) is 18.8. The number of aryl methyl sites for hydroxylation is 2. The van der Waals surface area contributed by atoms with Gasteiger partial charge in [0.15, 0.2) is 0 Å². The van der Waals surface area contributed by atoms with Crippen LogP contribution in [0.4, 0.5) is 0 Å². The number of hydrogen-bond donors (Lipinski definition) is 1. The zero-order valence-electron chi connectivity index (χ0n) is 16.0. The van der Waals surface area contributed by atoms with Crippen molar-refractivity contribution in [1.29, 1.82) is 0 Å². The van der Waals surface area contributed by atoms with E-state index < -0.39 is 15.7 Å². The van der Waals surface area contributed by atoms with Gasteiger partial charge in [0.25, 0.3) is 5.91 Å². The molecule has 0 aromatic heterocycles. The van der Waals surface area contributed by atoms with Gasteiger partial charge in [-0.25, -0.2) is 8.42 Å². The second-order valence-electron chi connectivity index (χ2n) is 7.49. The van der Waals surface area contributed by atoms with E-state index in [1.54, 1.807) is 6.07 Å². The van der Waals surface area contributed by atoms with Crippen molar-refractivity contribution in [3.8, 4) is 0 Å². The molecule has 1 N–H and O–H groups in total. The van der Waals surface area contributed by atoms with Crippen molar-refractivity contribution in [1.82, 2.24) is 9.62 Å². The fourth-order valence-corrected chi connectivity index (χ4v) is 5.56. The van der Waals surface area contributed by atoms with E-state index in [2.05, 4.69) is 10.3 Å². The first-order valence-corrected chi connectivity index (χ1v) is 10.8. The maximum Gasteiger partial charge on any atom is 0.272 e. The largest absolute Gasteiger partial charge is 0.326 e. The second kappa shape index (κ2) is 6.83. The monoisotopic (exact) mass is 397 g/mol. The number of rotatable bonds is 3. The molecule has 0 aliphatic carbocycles. The summed E-state index contributed by atoms with van der Waals surface area (Å²) in [5, 5.41) is 2.99. The minimum absolute atomic E-state index is 0.197. The fraction of sp³-hybridized carbons (Fsp3) is 0.333. The minimum Gasteiger partial charge on any atom is -0.326 e. The Morgan fingerprint density at radius 3 is 2.39 bits per heavy atom. The summed E-state index contributed by atoms with van der Waals surface area (Å²) in [5.41, 5.74) is 2.15. The van der Waals surface area contributed by atoms with Crippen LogP contribution in [0.2, 0.25) is 0 Å². The molecular formula is C21H23N3O3S. The van der Waals surface area contributed by atoms with E-state index in [9.17, 15) is 13.2 Å². The van der Waals surface area contributed by atoms with Crippen molar-refractivity contribution >= 4 is 21.6 Å². The molecule has 1 amide bonds. The van der Waals surface area contributed by atoms with Gasteiger partial charge < -0.3 is 5.32 Å². The average molecular weight is 398 g/mol. The van der Waals surface area contributed by atoms with Crippen molar-refractivity contribution in [2.75, 3.05) is 13.1 Å². The molecule has 0 atom stereocenters. The molecule has 2 aromatic carbocycles. The van der Waals surface area contributed by atoms with E-state index in [0.29, 0.717) is 36.5 Å². The molecule has 2 aromatic rings. The lowest BCUT2D eigenvalue weighted by atomic mass is 10.00. The number of nitrogens with zero attached hydrogens (tertiary/aromatic N) is 2. The Morgan fingerprint density at radius 2 is 1.71 bits per heavy atom. The number of amides is 1. The van der Waals surface area contributed by atoms with Gasteiger partial charge in [0, 0.05) is 31.5 Å². The smallest absolute Gasteiger partial charge is 0.272 e. The lowest BCUT2D eigenvalue weighted by molar-refractivity contribution is -0.115. The number of hydrogen-bond acceptors (Lipinski definition) is 4. The standard InChI is InChI=1S/C21H23N3O3S/c1-15-8-9-16(2)18(14-15)28(26,27)24-12-10-21(11-13-24)22-19(20(25)23-21)17-6-4-3-5-7-17/h3-9,14H,10-13H2,1-2H3,(H,23,25). The van der Waals surface area contributed by atoms with Gasteiger partial charge in [-0.2, -0.15) is 4.31 Å². The van der Waals surface area contributed by atoms with Gasteiger partial charge in [-0.3, -0.25) is 9.79 Å². The number of aliphatic imine (C=N–C) groups is 1. The van der Waals surface area contributed by atoms with E-state index in [1.165, 1.54) is 4.31 Å². The molecule has 0 bridgehead atoms. The van der Waals surface area contributed by atoms with E-state index in [0.717, 1.165) is 16.7 Å². The first-order valence-electron chi connectivity index (χ1n) is 9.36. The zero-order valence-corrected chi connectivity index (χ0v) is 16.8. The van der Waals surface area contributed by atoms with E-state index >= 15 is 0 Å². The molecule has 1 saturated heterocycles. The van der Waals surface area contributed by atoms with Crippen LogP contribution in [0.25, 0.3) is 0 Å². The Morgan fingerprint density at radius 1 is 1.04 bits per heavy atom. The minimum atomic E-state index is -3.57. The predicted octanol–water partition coefficient (Wildman–Crippen LogP) is 2.40. The highest BCUT2D eigenvalue weighted by Crippen LogP contribution is 2.32. The van der Waals surface area contributed by atoms with Gasteiger partial charge in [0.2, 0.25) is 10.0 Å².